The number of rotatable bonds is 6. The number of ether oxygens (including phenoxy) is 1. The molecule has 2 nitrogen and oxygen atoms in total. The first kappa shape index (κ1) is 16.0. The molecule has 2 atom stereocenters. The van der Waals surface area contributed by atoms with E-state index in [1.165, 1.54) is 4.88 Å². The lowest BCUT2D eigenvalue weighted by Crippen LogP contribution is -2.41. The van der Waals surface area contributed by atoms with Gasteiger partial charge in [0, 0.05) is 12.0 Å². The first-order valence-corrected chi connectivity index (χ1v) is 7.66. The zero-order chi connectivity index (χ0) is 13.8. The Kier molecular flexibility index (Phi) is 6.12. The van der Waals surface area contributed by atoms with Crippen molar-refractivity contribution in [2.45, 2.75) is 46.3 Å². The molecule has 0 aliphatic carbocycles. The molecule has 1 heterocycles. The molecule has 0 saturated carbocycles. The van der Waals surface area contributed by atoms with Gasteiger partial charge in [0.2, 0.25) is 0 Å². The Hall–Kier alpha value is -0.0900. The minimum atomic E-state index is 0.0630. The zero-order valence-electron chi connectivity index (χ0n) is 11.9. The maximum absolute atomic E-state index is 6.28. The van der Waals surface area contributed by atoms with Gasteiger partial charge >= 0.3 is 0 Å². The Balaban J connectivity index is 3.00. The molecule has 0 bridgehead atoms. The van der Waals surface area contributed by atoms with E-state index in [4.69, 9.17) is 16.3 Å². The summed E-state index contributed by atoms with van der Waals surface area (Å²) >= 11 is 7.97. The number of halogens is 1. The van der Waals surface area contributed by atoms with Crippen molar-refractivity contribution in [3.63, 3.8) is 0 Å². The average Bonchev–Trinajstić information content (AvgIpc) is 2.68. The summed E-state index contributed by atoms with van der Waals surface area (Å²) in [7, 11) is 1.78. The predicted molar refractivity (Wildman–Crippen MR) is 80.6 cm³/mol. The quantitative estimate of drug-likeness (QED) is 0.832. The van der Waals surface area contributed by atoms with Crippen LogP contribution in [0.5, 0.6) is 0 Å². The molecular formula is C14H24ClNOS. The zero-order valence-corrected chi connectivity index (χ0v) is 13.5. The number of methoxy groups -OCH3 is 1. The molecule has 1 rings (SSSR count). The van der Waals surface area contributed by atoms with Crippen molar-refractivity contribution in [1.29, 1.82) is 0 Å². The van der Waals surface area contributed by atoms with Crippen molar-refractivity contribution in [2.24, 2.45) is 5.41 Å². The molecule has 1 aromatic heterocycles. The van der Waals surface area contributed by atoms with Gasteiger partial charge in [0.05, 0.1) is 17.2 Å². The number of thiophene rings is 1. The Bertz CT molecular complexity index is 359. The van der Waals surface area contributed by atoms with Crippen LogP contribution < -0.4 is 5.32 Å². The van der Waals surface area contributed by atoms with E-state index < -0.39 is 0 Å². The molecule has 0 aliphatic rings. The summed E-state index contributed by atoms with van der Waals surface area (Å²) < 4.78 is 5.74. The summed E-state index contributed by atoms with van der Waals surface area (Å²) in [5.74, 6) is 0. The summed E-state index contributed by atoms with van der Waals surface area (Å²) in [6.07, 6.45) is 1.19. The van der Waals surface area contributed by atoms with Crippen LogP contribution in [-0.2, 0) is 4.74 Å². The van der Waals surface area contributed by atoms with Crippen molar-refractivity contribution < 1.29 is 4.74 Å². The normalized spacial score (nSPS) is 15.7. The smallest absolute Gasteiger partial charge is 0.0822 e. The van der Waals surface area contributed by atoms with Crippen LogP contribution >= 0.6 is 22.9 Å². The molecule has 0 amide bonds. The summed E-state index contributed by atoms with van der Waals surface area (Å²) in [4.78, 5) is 1.17. The average molecular weight is 290 g/mol. The van der Waals surface area contributed by atoms with Gasteiger partial charge < -0.3 is 10.1 Å². The van der Waals surface area contributed by atoms with E-state index in [1.807, 2.05) is 11.4 Å². The topological polar surface area (TPSA) is 21.3 Å². The van der Waals surface area contributed by atoms with E-state index >= 15 is 0 Å². The van der Waals surface area contributed by atoms with E-state index in [1.54, 1.807) is 18.4 Å². The largest absolute Gasteiger partial charge is 0.379 e. The van der Waals surface area contributed by atoms with Crippen molar-refractivity contribution in [3.8, 4) is 0 Å². The van der Waals surface area contributed by atoms with Gasteiger partial charge in [-0.25, -0.2) is 0 Å². The molecule has 0 aliphatic heterocycles. The third-order valence-corrected chi connectivity index (χ3v) is 4.39. The van der Waals surface area contributed by atoms with Crippen molar-refractivity contribution in [3.05, 3.63) is 21.3 Å². The molecule has 0 saturated heterocycles. The van der Waals surface area contributed by atoms with Gasteiger partial charge in [0.1, 0.15) is 0 Å². The third-order valence-electron chi connectivity index (χ3n) is 2.95. The lowest BCUT2D eigenvalue weighted by atomic mass is 9.84. The van der Waals surface area contributed by atoms with Gasteiger partial charge in [-0.3, -0.25) is 0 Å². The van der Waals surface area contributed by atoms with Crippen molar-refractivity contribution in [2.75, 3.05) is 13.7 Å². The second-order valence-electron chi connectivity index (χ2n) is 5.59. The van der Waals surface area contributed by atoms with Gasteiger partial charge in [-0.1, -0.05) is 39.3 Å². The molecule has 104 valence electrons. The van der Waals surface area contributed by atoms with Crippen molar-refractivity contribution >= 4 is 22.9 Å². The minimum absolute atomic E-state index is 0.0630. The Labute approximate surface area is 120 Å². The predicted octanol–water partition coefficient (Wildman–Crippen LogP) is 4.50. The van der Waals surface area contributed by atoms with Crippen LogP contribution in [0.3, 0.4) is 0 Å². The van der Waals surface area contributed by atoms with Gasteiger partial charge in [-0.05, 0) is 29.8 Å². The first-order chi connectivity index (χ1) is 8.41. The van der Waals surface area contributed by atoms with E-state index in [9.17, 15) is 0 Å². The number of hydrogen-bond donors (Lipinski definition) is 1. The molecule has 1 aromatic rings. The monoisotopic (exact) mass is 289 g/mol. The summed E-state index contributed by atoms with van der Waals surface area (Å²) in [6.45, 7) is 9.73. The summed E-state index contributed by atoms with van der Waals surface area (Å²) in [5.41, 5.74) is 0.0630. The number of hydrogen-bond acceptors (Lipinski definition) is 3. The Morgan fingerprint density at radius 2 is 2.11 bits per heavy atom. The fourth-order valence-electron chi connectivity index (χ4n) is 2.15. The van der Waals surface area contributed by atoms with E-state index in [-0.39, 0.29) is 17.6 Å². The summed E-state index contributed by atoms with van der Waals surface area (Å²) in [6, 6.07) is 2.11. The molecule has 1 N–H and O–H groups in total. The molecule has 0 fully saturated rings. The molecule has 18 heavy (non-hydrogen) atoms. The lowest BCUT2D eigenvalue weighted by molar-refractivity contribution is -0.0110. The van der Waals surface area contributed by atoms with Gasteiger partial charge in [0.25, 0.3) is 0 Å². The second-order valence-corrected chi connectivity index (χ2v) is 6.94. The molecule has 2 unspecified atom stereocenters. The highest BCUT2D eigenvalue weighted by Crippen LogP contribution is 2.37. The van der Waals surface area contributed by atoms with E-state index in [0.29, 0.717) is 0 Å². The van der Waals surface area contributed by atoms with Crippen LogP contribution in [0.2, 0.25) is 5.02 Å². The highest BCUT2D eigenvalue weighted by molar-refractivity contribution is 7.10. The fourth-order valence-corrected chi connectivity index (χ4v) is 3.43. The standard InChI is InChI=1S/C14H24ClNOS/c1-6-8-16-11(12-10(15)7-9-18-12)13(17-5)14(2,3)4/h7,9,11,13,16H,6,8H2,1-5H3. The number of nitrogens with one attached hydrogen (secondary N) is 1. The van der Waals surface area contributed by atoms with Crippen LogP contribution in [0.15, 0.2) is 11.4 Å². The molecule has 0 radical (unpaired) electrons. The molecule has 0 aromatic carbocycles. The van der Waals surface area contributed by atoms with E-state index in [2.05, 4.69) is 33.0 Å². The van der Waals surface area contributed by atoms with Crippen LogP contribution in [0.25, 0.3) is 0 Å². The molecule has 4 heteroatoms. The van der Waals surface area contributed by atoms with Gasteiger partial charge in [0.15, 0.2) is 0 Å². The highest BCUT2D eigenvalue weighted by Gasteiger charge is 2.34. The Morgan fingerprint density at radius 3 is 2.50 bits per heavy atom. The molecule has 0 spiro atoms. The Morgan fingerprint density at radius 1 is 1.44 bits per heavy atom. The SMILES string of the molecule is CCCNC(c1sccc1Cl)C(OC)C(C)(C)C. The van der Waals surface area contributed by atoms with E-state index in [0.717, 1.165) is 18.0 Å². The maximum atomic E-state index is 6.28. The summed E-state index contributed by atoms with van der Waals surface area (Å²) in [5, 5.41) is 6.44. The van der Waals surface area contributed by atoms with Crippen LogP contribution in [0, 0.1) is 5.41 Å². The maximum Gasteiger partial charge on any atom is 0.0822 e. The van der Waals surface area contributed by atoms with Crippen LogP contribution in [0.4, 0.5) is 0 Å². The first-order valence-electron chi connectivity index (χ1n) is 6.40. The van der Waals surface area contributed by atoms with Crippen LogP contribution in [0.1, 0.15) is 45.0 Å². The lowest BCUT2D eigenvalue weighted by Gasteiger charge is -2.36. The van der Waals surface area contributed by atoms with Gasteiger partial charge in [-0.2, -0.15) is 0 Å². The van der Waals surface area contributed by atoms with Crippen molar-refractivity contribution in [1.82, 2.24) is 5.32 Å². The fraction of sp³-hybridized carbons (Fsp3) is 0.714. The third kappa shape index (κ3) is 3.95. The van der Waals surface area contributed by atoms with Crippen LogP contribution in [-0.4, -0.2) is 19.8 Å². The molecular weight excluding hydrogens is 266 g/mol. The van der Waals surface area contributed by atoms with Gasteiger partial charge in [-0.15, -0.1) is 11.3 Å². The minimum Gasteiger partial charge on any atom is -0.379 e. The highest BCUT2D eigenvalue weighted by atomic mass is 35.5. The second kappa shape index (κ2) is 6.90.